The molecule has 0 aliphatic heterocycles. The fraction of sp³-hybridized carbons (Fsp3) is 0.906. The number of hydrogen-bond acceptors (Lipinski definition) is 10. The molecule has 254 valence electrons. The summed E-state index contributed by atoms with van der Waals surface area (Å²) >= 11 is 1.42. The average molecular weight is 697 g/mol. The van der Waals surface area contributed by atoms with Crippen molar-refractivity contribution < 1.29 is 102 Å². The number of esters is 2. The zero-order valence-corrected chi connectivity index (χ0v) is 34.7. The number of rotatable bonds is 31. The number of phosphoric acid groups is 1. The largest absolute Gasteiger partial charge is 1.00 e. The van der Waals surface area contributed by atoms with E-state index in [0.29, 0.717) is 12.8 Å². The Morgan fingerprint density at radius 1 is 0.622 bits per heavy atom. The molecule has 0 aromatic heterocycles. The molecule has 9 nitrogen and oxygen atoms in total. The van der Waals surface area contributed by atoms with Crippen molar-refractivity contribution in [2.75, 3.05) is 19.0 Å². The number of ether oxygens (including phenoxy) is 2. The predicted molar refractivity (Wildman–Crippen MR) is 169 cm³/mol. The van der Waals surface area contributed by atoms with Gasteiger partial charge in [0.1, 0.15) is 6.61 Å². The molecule has 0 aromatic rings. The maximum atomic E-state index is 12.2. The molecule has 0 amide bonds. The molecular weight excluding hydrogens is 637 g/mol. The van der Waals surface area contributed by atoms with E-state index in [1.54, 1.807) is 6.92 Å². The van der Waals surface area contributed by atoms with Crippen LogP contribution < -0.4 is 68.9 Å². The Morgan fingerprint density at radius 2 is 1.02 bits per heavy atom. The van der Waals surface area contributed by atoms with Gasteiger partial charge in [-0.15, -0.1) is 0 Å². The first kappa shape index (κ1) is 50.4. The van der Waals surface area contributed by atoms with Crippen LogP contribution in [0, 0.1) is 0 Å². The summed E-state index contributed by atoms with van der Waals surface area (Å²) in [6.07, 6.45) is 22.8. The maximum Gasteiger partial charge on any atom is 1.00 e. The van der Waals surface area contributed by atoms with Gasteiger partial charge in [0.2, 0.25) is 0 Å². The third-order valence-corrected chi connectivity index (χ3v) is 8.58. The second-order valence-corrected chi connectivity index (χ2v) is 13.9. The van der Waals surface area contributed by atoms with E-state index in [-0.39, 0.29) is 83.7 Å². The van der Waals surface area contributed by atoms with Crippen LogP contribution in [-0.4, -0.2) is 42.1 Å². The van der Waals surface area contributed by atoms with E-state index < -0.39 is 32.5 Å². The SMILES string of the molecule is CCCCCCCCCCC(=O)O[C@@H](COC(=O)CCCCCCCCCCCCCCCSC(C)=O)COP(=O)([O-])[O-].[Na+].[Na+]. The van der Waals surface area contributed by atoms with Crippen molar-refractivity contribution in [1.29, 1.82) is 0 Å². The number of thioether (sulfide) groups is 1. The standard InChI is InChI=1S/C32H61O9PS.2Na/c1-3-4-5-6-7-15-19-22-25-32(35)41-30(28-40-42(36,37)38)27-39-31(34)24-21-18-16-13-11-9-8-10-12-14-17-20-23-26-43-29(2)33;;/h30H,3-28H2,1-2H3,(H2,36,37,38);;/q;2*+1/p-2/t30-;;/m0../s1. The van der Waals surface area contributed by atoms with Crippen LogP contribution in [0.25, 0.3) is 0 Å². The molecule has 1 atom stereocenters. The van der Waals surface area contributed by atoms with Crippen molar-refractivity contribution in [3.05, 3.63) is 0 Å². The van der Waals surface area contributed by atoms with Gasteiger partial charge in [0, 0.05) is 25.5 Å². The zero-order chi connectivity index (χ0) is 32.0. The molecule has 0 unspecified atom stereocenters. The number of carbonyl (C=O) groups is 3. The van der Waals surface area contributed by atoms with Gasteiger partial charge in [-0.05, 0) is 19.3 Å². The first-order valence-corrected chi connectivity index (χ1v) is 19.2. The molecule has 0 heterocycles. The topological polar surface area (TPSA) is 142 Å². The summed E-state index contributed by atoms with van der Waals surface area (Å²) in [6, 6.07) is 0. The van der Waals surface area contributed by atoms with Crippen LogP contribution in [0.3, 0.4) is 0 Å². The molecule has 0 fully saturated rings. The van der Waals surface area contributed by atoms with Gasteiger partial charge < -0.3 is 28.3 Å². The second kappa shape index (κ2) is 36.4. The molecule has 0 rings (SSSR count). The molecule has 0 aromatic carbocycles. The third kappa shape index (κ3) is 41.2. The van der Waals surface area contributed by atoms with Crippen LogP contribution in [0.1, 0.15) is 162 Å². The van der Waals surface area contributed by atoms with Crippen molar-refractivity contribution in [3.63, 3.8) is 0 Å². The van der Waals surface area contributed by atoms with Crippen molar-refractivity contribution in [3.8, 4) is 0 Å². The van der Waals surface area contributed by atoms with E-state index in [1.807, 2.05) is 0 Å². The Labute approximate surface area is 322 Å². The van der Waals surface area contributed by atoms with Gasteiger partial charge in [0.25, 0.3) is 0 Å². The maximum absolute atomic E-state index is 12.2. The first-order valence-electron chi connectivity index (χ1n) is 16.8. The second-order valence-electron chi connectivity index (χ2n) is 11.4. The number of carbonyl (C=O) groups excluding carboxylic acids is 3. The van der Waals surface area contributed by atoms with Gasteiger partial charge in [-0.25, -0.2) is 0 Å². The van der Waals surface area contributed by atoms with Crippen LogP contribution in [0.5, 0.6) is 0 Å². The van der Waals surface area contributed by atoms with Crippen LogP contribution in [-0.2, 0) is 32.9 Å². The van der Waals surface area contributed by atoms with Gasteiger partial charge >= 0.3 is 71.1 Å². The van der Waals surface area contributed by atoms with Gasteiger partial charge in [-0.1, -0.05) is 134 Å². The normalized spacial score (nSPS) is 11.7. The molecule has 0 saturated carbocycles. The van der Waals surface area contributed by atoms with E-state index in [2.05, 4.69) is 11.4 Å². The molecule has 0 aliphatic carbocycles. The third-order valence-electron chi connectivity index (χ3n) is 7.21. The van der Waals surface area contributed by atoms with Gasteiger partial charge in [0.05, 0.1) is 14.4 Å². The fourth-order valence-electron chi connectivity index (χ4n) is 4.73. The minimum Gasteiger partial charge on any atom is -0.790 e. The Balaban J connectivity index is -0.00000882. The van der Waals surface area contributed by atoms with Crippen LogP contribution in [0.2, 0.25) is 0 Å². The van der Waals surface area contributed by atoms with E-state index in [1.165, 1.54) is 88.8 Å². The summed E-state index contributed by atoms with van der Waals surface area (Å²) in [5.41, 5.74) is 0. The average Bonchev–Trinajstić information content (AvgIpc) is 2.95. The summed E-state index contributed by atoms with van der Waals surface area (Å²) in [5, 5.41) is 0.207. The van der Waals surface area contributed by atoms with Crippen molar-refractivity contribution in [2.45, 2.75) is 168 Å². The number of phosphoric ester groups is 1. The Morgan fingerprint density at radius 3 is 1.44 bits per heavy atom. The van der Waals surface area contributed by atoms with Crippen LogP contribution >= 0.6 is 19.6 Å². The van der Waals surface area contributed by atoms with E-state index in [4.69, 9.17) is 9.47 Å². The van der Waals surface area contributed by atoms with Crippen LogP contribution in [0.15, 0.2) is 0 Å². The molecule has 0 N–H and O–H groups in total. The Hall–Kier alpha value is 1.07. The van der Waals surface area contributed by atoms with Crippen molar-refractivity contribution in [2.24, 2.45) is 0 Å². The molecular formula is C32H59Na2O9PS. The smallest absolute Gasteiger partial charge is 0.790 e. The van der Waals surface area contributed by atoms with E-state index >= 15 is 0 Å². The van der Waals surface area contributed by atoms with E-state index in [0.717, 1.165) is 50.7 Å². The minimum atomic E-state index is -5.24. The summed E-state index contributed by atoms with van der Waals surface area (Å²) < 4.78 is 25.6. The first-order chi connectivity index (χ1) is 20.6. The summed E-state index contributed by atoms with van der Waals surface area (Å²) in [7, 11) is -5.24. The monoisotopic (exact) mass is 696 g/mol. The summed E-state index contributed by atoms with van der Waals surface area (Å²) in [4.78, 5) is 57.0. The molecule has 0 spiro atoms. The van der Waals surface area contributed by atoms with Gasteiger partial charge in [0.15, 0.2) is 11.2 Å². The minimum absolute atomic E-state index is 0. The molecule has 45 heavy (non-hydrogen) atoms. The van der Waals surface area contributed by atoms with Gasteiger partial charge in [-0.3, -0.25) is 14.4 Å². The van der Waals surface area contributed by atoms with E-state index in [9.17, 15) is 28.7 Å². The molecule has 13 heteroatoms. The number of hydrogen-bond donors (Lipinski definition) is 0. The Kier molecular flexibility index (Phi) is 40.8. The molecule has 0 saturated heterocycles. The Bertz CT molecular complexity index is 756. The zero-order valence-electron chi connectivity index (χ0n) is 29.0. The quantitative estimate of drug-likeness (QED) is 0.0454. The van der Waals surface area contributed by atoms with Gasteiger partial charge in [-0.2, -0.15) is 0 Å². The summed E-state index contributed by atoms with van der Waals surface area (Å²) in [6.45, 7) is 2.79. The van der Waals surface area contributed by atoms with Crippen molar-refractivity contribution in [1.82, 2.24) is 0 Å². The molecule has 0 aliphatic rings. The number of unbranched alkanes of at least 4 members (excludes halogenated alkanes) is 19. The predicted octanol–water partition coefficient (Wildman–Crippen LogP) is 1.57. The van der Waals surface area contributed by atoms with Crippen LogP contribution in [0.4, 0.5) is 0 Å². The van der Waals surface area contributed by atoms with Crippen molar-refractivity contribution >= 4 is 36.6 Å². The molecule has 0 radical (unpaired) electrons. The summed E-state index contributed by atoms with van der Waals surface area (Å²) in [5.74, 6) is -0.0331. The molecule has 0 bridgehead atoms. The fourth-order valence-corrected chi connectivity index (χ4v) is 5.71.